The summed E-state index contributed by atoms with van der Waals surface area (Å²) in [5, 5.41) is 9.16. The monoisotopic (exact) mass is 264 g/mol. The molecule has 0 aliphatic carbocycles. The smallest absolute Gasteiger partial charge is 0.314 e. The number of carboxylic acid groups (broad SMARTS) is 1. The Balaban J connectivity index is 2.23. The van der Waals surface area contributed by atoms with Crippen molar-refractivity contribution in [2.75, 3.05) is 0 Å². The van der Waals surface area contributed by atoms with Crippen LogP contribution >= 0.6 is 0 Å². The molecule has 19 heavy (non-hydrogen) atoms. The Kier molecular flexibility index (Phi) is 3.79. The Morgan fingerprint density at radius 2 is 1.68 bits per heavy atom. The summed E-state index contributed by atoms with van der Waals surface area (Å²) < 4.78 is 25.5. The molecule has 1 aromatic carbocycles. The Morgan fingerprint density at radius 1 is 1.11 bits per heavy atom. The van der Waals surface area contributed by atoms with Crippen LogP contribution in [-0.4, -0.2) is 21.0 Å². The minimum atomic E-state index is -1.11. The highest BCUT2D eigenvalue weighted by molar-refractivity contribution is 5.75. The van der Waals surface area contributed by atoms with Crippen molar-refractivity contribution in [3.8, 4) is 0 Å². The van der Waals surface area contributed by atoms with Crippen molar-refractivity contribution in [2.24, 2.45) is 0 Å². The van der Waals surface area contributed by atoms with E-state index in [2.05, 4.69) is 9.97 Å². The zero-order valence-corrected chi connectivity index (χ0v) is 9.75. The summed E-state index contributed by atoms with van der Waals surface area (Å²) in [6.45, 7) is 0. The number of hydrogen-bond acceptors (Lipinski definition) is 3. The van der Waals surface area contributed by atoms with E-state index >= 15 is 0 Å². The van der Waals surface area contributed by atoms with E-state index in [0.29, 0.717) is 5.56 Å². The highest BCUT2D eigenvalue weighted by Gasteiger charge is 2.23. The zero-order valence-electron chi connectivity index (χ0n) is 9.75. The number of carboxylic acids is 1. The van der Waals surface area contributed by atoms with Gasteiger partial charge in [-0.3, -0.25) is 4.79 Å². The van der Waals surface area contributed by atoms with Gasteiger partial charge in [0, 0.05) is 0 Å². The average Bonchev–Trinajstić information content (AvgIpc) is 2.39. The number of benzene rings is 1. The SMILES string of the molecule is O=C(O)C(Cc1ccc(F)cc1)c1ncc(F)cn1. The number of nitrogens with zero attached hydrogens (tertiary/aromatic N) is 2. The molecule has 0 aliphatic rings. The van der Waals surface area contributed by atoms with Crippen LogP contribution in [0.5, 0.6) is 0 Å². The lowest BCUT2D eigenvalue weighted by atomic mass is 9.98. The third-order valence-corrected chi connectivity index (χ3v) is 2.60. The lowest BCUT2D eigenvalue weighted by molar-refractivity contribution is -0.139. The van der Waals surface area contributed by atoms with E-state index in [1.165, 1.54) is 24.3 Å². The molecule has 0 saturated carbocycles. The first-order chi connectivity index (χ1) is 9.06. The van der Waals surface area contributed by atoms with Gasteiger partial charge in [-0.25, -0.2) is 18.7 Å². The van der Waals surface area contributed by atoms with E-state index in [-0.39, 0.29) is 12.2 Å². The largest absolute Gasteiger partial charge is 0.481 e. The molecule has 1 atom stereocenters. The molecule has 2 aromatic rings. The second-order valence-corrected chi connectivity index (χ2v) is 3.98. The second-order valence-electron chi connectivity index (χ2n) is 3.98. The van der Waals surface area contributed by atoms with Gasteiger partial charge in [0.25, 0.3) is 0 Å². The Labute approximate surface area is 107 Å². The molecule has 1 N–H and O–H groups in total. The van der Waals surface area contributed by atoms with Gasteiger partial charge in [-0.2, -0.15) is 0 Å². The molecule has 6 heteroatoms. The molecule has 1 heterocycles. The predicted molar refractivity (Wildman–Crippen MR) is 62.5 cm³/mol. The highest BCUT2D eigenvalue weighted by atomic mass is 19.1. The third kappa shape index (κ3) is 3.31. The molecule has 2 rings (SSSR count). The van der Waals surface area contributed by atoms with Crippen LogP contribution in [-0.2, 0) is 11.2 Å². The quantitative estimate of drug-likeness (QED) is 0.919. The van der Waals surface area contributed by atoms with Gasteiger partial charge in [0.2, 0.25) is 0 Å². The van der Waals surface area contributed by atoms with Gasteiger partial charge in [0.15, 0.2) is 5.82 Å². The number of hydrogen-bond donors (Lipinski definition) is 1. The van der Waals surface area contributed by atoms with Crippen LogP contribution in [0.3, 0.4) is 0 Å². The fourth-order valence-electron chi connectivity index (χ4n) is 1.65. The molecule has 98 valence electrons. The van der Waals surface area contributed by atoms with Crippen molar-refractivity contribution in [3.63, 3.8) is 0 Å². The van der Waals surface area contributed by atoms with Crippen LogP contribution in [0.1, 0.15) is 17.3 Å². The first-order valence-electron chi connectivity index (χ1n) is 5.51. The predicted octanol–water partition coefficient (Wildman–Crippen LogP) is 2.17. The van der Waals surface area contributed by atoms with E-state index in [4.69, 9.17) is 5.11 Å². The average molecular weight is 264 g/mol. The summed E-state index contributed by atoms with van der Waals surface area (Å²) in [7, 11) is 0. The normalized spacial score (nSPS) is 12.1. The molecule has 0 radical (unpaired) electrons. The van der Waals surface area contributed by atoms with Crippen LogP contribution in [0, 0.1) is 11.6 Å². The van der Waals surface area contributed by atoms with E-state index < -0.39 is 23.5 Å². The summed E-state index contributed by atoms with van der Waals surface area (Å²) in [6, 6.07) is 5.49. The molecule has 0 fully saturated rings. The molecule has 0 saturated heterocycles. The number of aromatic nitrogens is 2. The lowest BCUT2D eigenvalue weighted by Crippen LogP contribution is -2.17. The van der Waals surface area contributed by atoms with Crippen molar-refractivity contribution in [3.05, 3.63) is 59.7 Å². The maximum Gasteiger partial charge on any atom is 0.314 e. The minimum Gasteiger partial charge on any atom is -0.481 e. The third-order valence-electron chi connectivity index (χ3n) is 2.60. The lowest BCUT2D eigenvalue weighted by Gasteiger charge is -2.10. The fourth-order valence-corrected chi connectivity index (χ4v) is 1.65. The van der Waals surface area contributed by atoms with Crippen molar-refractivity contribution < 1.29 is 18.7 Å². The second kappa shape index (κ2) is 5.51. The summed E-state index contributed by atoms with van der Waals surface area (Å²) in [4.78, 5) is 18.6. The standard InChI is InChI=1S/C13H10F2N2O2/c14-9-3-1-8(2-4-9)5-11(13(18)19)12-16-6-10(15)7-17-12/h1-4,6-7,11H,5H2,(H,18,19). The van der Waals surface area contributed by atoms with Crippen molar-refractivity contribution >= 4 is 5.97 Å². The first kappa shape index (κ1) is 13.1. The van der Waals surface area contributed by atoms with E-state index in [9.17, 15) is 13.6 Å². The Bertz CT molecular complexity index is 570. The maximum atomic E-state index is 12.8. The van der Waals surface area contributed by atoms with Gasteiger partial charge in [0.1, 0.15) is 17.6 Å². The van der Waals surface area contributed by atoms with Crippen molar-refractivity contribution in [2.45, 2.75) is 12.3 Å². The minimum absolute atomic E-state index is 0.0261. The summed E-state index contributed by atoms with van der Waals surface area (Å²) in [6.07, 6.45) is 1.95. The molecular weight excluding hydrogens is 254 g/mol. The van der Waals surface area contributed by atoms with Gasteiger partial charge in [-0.05, 0) is 24.1 Å². The van der Waals surface area contributed by atoms with Crippen LogP contribution in [0.4, 0.5) is 8.78 Å². The van der Waals surface area contributed by atoms with Crippen molar-refractivity contribution in [1.29, 1.82) is 0 Å². The summed E-state index contributed by atoms with van der Waals surface area (Å²) in [5.74, 6) is -3.11. The van der Waals surface area contributed by atoms with Gasteiger partial charge in [0.05, 0.1) is 12.4 Å². The topological polar surface area (TPSA) is 63.1 Å². The molecule has 0 spiro atoms. The maximum absolute atomic E-state index is 12.8. The molecule has 0 bridgehead atoms. The van der Waals surface area contributed by atoms with Crippen LogP contribution in [0.15, 0.2) is 36.7 Å². The fraction of sp³-hybridized carbons (Fsp3) is 0.154. The van der Waals surface area contributed by atoms with Crippen LogP contribution < -0.4 is 0 Å². The molecular formula is C13H10F2N2O2. The van der Waals surface area contributed by atoms with E-state index in [1.54, 1.807) is 0 Å². The Morgan fingerprint density at radius 3 is 2.21 bits per heavy atom. The molecule has 1 aromatic heterocycles. The highest BCUT2D eigenvalue weighted by Crippen LogP contribution is 2.18. The molecule has 0 aliphatic heterocycles. The van der Waals surface area contributed by atoms with Gasteiger partial charge in [-0.1, -0.05) is 12.1 Å². The molecule has 4 nitrogen and oxygen atoms in total. The Hall–Kier alpha value is -2.37. The number of halogens is 2. The van der Waals surface area contributed by atoms with E-state index in [0.717, 1.165) is 12.4 Å². The summed E-state index contributed by atoms with van der Waals surface area (Å²) >= 11 is 0. The van der Waals surface area contributed by atoms with Gasteiger partial charge in [-0.15, -0.1) is 0 Å². The van der Waals surface area contributed by atoms with Gasteiger partial charge < -0.3 is 5.11 Å². The van der Waals surface area contributed by atoms with E-state index in [1.807, 2.05) is 0 Å². The molecule has 0 amide bonds. The van der Waals surface area contributed by atoms with Crippen LogP contribution in [0.25, 0.3) is 0 Å². The first-order valence-corrected chi connectivity index (χ1v) is 5.51. The van der Waals surface area contributed by atoms with Gasteiger partial charge >= 0.3 is 5.97 Å². The number of carbonyl (C=O) groups is 1. The summed E-state index contributed by atoms with van der Waals surface area (Å²) in [5.41, 5.74) is 0.640. The number of aliphatic carboxylic acids is 1. The van der Waals surface area contributed by atoms with Crippen molar-refractivity contribution in [1.82, 2.24) is 9.97 Å². The number of rotatable bonds is 4. The van der Waals surface area contributed by atoms with Crippen LogP contribution in [0.2, 0.25) is 0 Å². The zero-order chi connectivity index (χ0) is 13.8. The molecule has 1 unspecified atom stereocenters.